The van der Waals surface area contributed by atoms with Crippen molar-refractivity contribution >= 4 is 21.9 Å². The zero-order valence-corrected chi connectivity index (χ0v) is 14.5. The maximum absolute atomic E-state index is 11.8. The fourth-order valence-corrected chi connectivity index (χ4v) is 2.19. The van der Waals surface area contributed by atoms with Crippen molar-refractivity contribution in [3.05, 3.63) is 11.9 Å². The van der Waals surface area contributed by atoms with Gasteiger partial charge in [-0.1, -0.05) is 0 Å². The van der Waals surface area contributed by atoms with Gasteiger partial charge in [0.15, 0.2) is 0 Å². The van der Waals surface area contributed by atoms with E-state index in [0.29, 0.717) is 0 Å². The summed E-state index contributed by atoms with van der Waals surface area (Å²) in [6.07, 6.45) is 1.53. The second-order valence-electron chi connectivity index (χ2n) is 5.90. The average Bonchev–Trinajstić information content (AvgIpc) is 2.83. The van der Waals surface area contributed by atoms with Crippen LogP contribution in [0.4, 0.5) is 4.79 Å². The molecule has 0 aliphatic heterocycles. The molecule has 1 aromatic heterocycles. The second-order valence-corrected chi connectivity index (χ2v) is 7.83. The zero-order valence-electron chi connectivity index (χ0n) is 13.7. The van der Waals surface area contributed by atoms with Crippen molar-refractivity contribution in [2.24, 2.45) is 0 Å². The number of imidazole rings is 1. The van der Waals surface area contributed by atoms with Crippen molar-refractivity contribution in [2.45, 2.75) is 44.0 Å². The van der Waals surface area contributed by atoms with Crippen LogP contribution < -0.4 is 5.32 Å². The first-order chi connectivity index (χ1) is 10.4. The van der Waals surface area contributed by atoms with Crippen molar-refractivity contribution < 1.29 is 27.5 Å². The number of carbonyl (C=O) groups is 2. The minimum Gasteiger partial charge on any atom is -0.467 e. The second kappa shape index (κ2) is 6.99. The van der Waals surface area contributed by atoms with Gasteiger partial charge in [-0.2, -0.15) is 0 Å². The molecule has 0 saturated heterocycles. The first kappa shape index (κ1) is 18.9. The molecule has 0 unspecified atom stereocenters. The van der Waals surface area contributed by atoms with Crippen molar-refractivity contribution in [3.63, 3.8) is 0 Å². The molecule has 0 aromatic carbocycles. The van der Waals surface area contributed by atoms with Crippen LogP contribution >= 0.6 is 0 Å². The van der Waals surface area contributed by atoms with Gasteiger partial charge in [-0.15, -0.1) is 0 Å². The largest absolute Gasteiger partial charge is 0.467 e. The molecule has 0 spiro atoms. The van der Waals surface area contributed by atoms with Gasteiger partial charge in [-0.25, -0.2) is 23.0 Å². The smallest absolute Gasteiger partial charge is 0.408 e. The molecule has 1 atom stereocenters. The molecule has 1 rings (SSSR count). The molecule has 1 heterocycles. The maximum Gasteiger partial charge on any atom is 0.408 e. The quantitative estimate of drug-likeness (QED) is 0.739. The molecule has 1 aromatic rings. The fourth-order valence-electron chi connectivity index (χ4n) is 1.63. The van der Waals surface area contributed by atoms with E-state index in [4.69, 9.17) is 4.74 Å². The minimum absolute atomic E-state index is 0.0437. The summed E-state index contributed by atoms with van der Waals surface area (Å²) in [7, 11) is -2.31. The highest BCUT2D eigenvalue weighted by molar-refractivity contribution is 7.90. The predicted molar refractivity (Wildman–Crippen MR) is 80.6 cm³/mol. The van der Waals surface area contributed by atoms with Gasteiger partial charge in [0, 0.05) is 18.9 Å². The van der Waals surface area contributed by atoms with Gasteiger partial charge in [0.25, 0.3) is 0 Å². The number of nitrogens with one attached hydrogen (secondary N) is 2. The Balaban J connectivity index is 2.85. The number of carbonyl (C=O) groups excluding carboxylic acids is 2. The molecule has 0 aliphatic carbocycles. The summed E-state index contributed by atoms with van der Waals surface area (Å²) >= 11 is 0. The molecule has 2 N–H and O–H groups in total. The lowest BCUT2D eigenvalue weighted by Crippen LogP contribution is -2.45. The summed E-state index contributed by atoms with van der Waals surface area (Å²) in [6.45, 7) is 5.06. The Bertz CT molecular complexity index is 674. The molecule has 0 saturated carbocycles. The Morgan fingerprint density at radius 3 is 2.43 bits per heavy atom. The highest BCUT2D eigenvalue weighted by atomic mass is 32.2. The summed E-state index contributed by atoms with van der Waals surface area (Å²) < 4.78 is 32.5. The topological polar surface area (TPSA) is 127 Å². The molecule has 10 heteroatoms. The molecule has 0 bridgehead atoms. The molecule has 23 heavy (non-hydrogen) atoms. The Morgan fingerprint density at radius 1 is 1.39 bits per heavy atom. The summed E-state index contributed by atoms with van der Waals surface area (Å²) in [5.41, 5.74) is -0.433. The lowest BCUT2D eigenvalue weighted by molar-refractivity contribution is -0.143. The Kier molecular flexibility index (Phi) is 5.75. The first-order valence-corrected chi connectivity index (χ1v) is 8.63. The standard InChI is InChI=1S/C13H21N3O6S/c1-13(2,3)22-12(18)16-9(10(17)21-4)6-8-7-14-11(15-8)23(5,19)20/h7,9H,6H2,1-5H3,(H,14,15)(H,16,18)/t9-/m0/s1. The van der Waals surface area contributed by atoms with Crippen LogP contribution in [0.2, 0.25) is 0 Å². The SMILES string of the molecule is COC(=O)[C@H](Cc1c[nH]c(S(C)(=O)=O)n1)NC(=O)OC(C)(C)C. The van der Waals surface area contributed by atoms with E-state index < -0.39 is 33.5 Å². The number of esters is 1. The van der Waals surface area contributed by atoms with Gasteiger partial charge >= 0.3 is 12.1 Å². The van der Waals surface area contributed by atoms with E-state index >= 15 is 0 Å². The van der Waals surface area contributed by atoms with E-state index in [-0.39, 0.29) is 17.3 Å². The van der Waals surface area contributed by atoms with Crippen molar-refractivity contribution in [2.75, 3.05) is 13.4 Å². The van der Waals surface area contributed by atoms with E-state index in [9.17, 15) is 18.0 Å². The summed E-state index contributed by atoms with van der Waals surface area (Å²) in [6, 6.07) is -1.05. The van der Waals surface area contributed by atoms with Crippen LogP contribution in [0.25, 0.3) is 0 Å². The number of hydrogen-bond donors (Lipinski definition) is 2. The molecular formula is C13H21N3O6S. The number of sulfone groups is 1. The number of aromatic nitrogens is 2. The number of rotatable bonds is 5. The van der Waals surface area contributed by atoms with Gasteiger partial charge in [0.05, 0.1) is 12.8 Å². The van der Waals surface area contributed by atoms with Crippen LogP contribution in [0.5, 0.6) is 0 Å². The highest BCUT2D eigenvalue weighted by Gasteiger charge is 2.26. The van der Waals surface area contributed by atoms with E-state index in [2.05, 4.69) is 20.0 Å². The van der Waals surface area contributed by atoms with Crippen molar-refractivity contribution in [1.29, 1.82) is 0 Å². The van der Waals surface area contributed by atoms with Crippen molar-refractivity contribution in [1.82, 2.24) is 15.3 Å². The number of hydrogen-bond acceptors (Lipinski definition) is 7. The van der Waals surface area contributed by atoms with Gasteiger partial charge in [-0.05, 0) is 20.8 Å². The molecule has 0 aliphatic rings. The normalized spacial score (nSPS) is 13.3. The number of methoxy groups -OCH3 is 1. The minimum atomic E-state index is -3.49. The first-order valence-electron chi connectivity index (χ1n) is 6.74. The third kappa shape index (κ3) is 6.27. The van der Waals surface area contributed by atoms with E-state index in [1.54, 1.807) is 20.8 Å². The van der Waals surface area contributed by atoms with Crippen LogP contribution in [-0.4, -0.2) is 55.5 Å². The zero-order chi connectivity index (χ0) is 17.8. The average molecular weight is 347 g/mol. The summed E-state index contributed by atoms with van der Waals surface area (Å²) in [5, 5.41) is 2.17. The number of alkyl carbamates (subject to hydrolysis) is 1. The van der Waals surface area contributed by atoms with Crippen LogP contribution in [0, 0.1) is 0 Å². The monoisotopic (exact) mass is 347 g/mol. The van der Waals surface area contributed by atoms with Crippen LogP contribution in [0.15, 0.2) is 11.4 Å². The number of aromatic amines is 1. The summed E-state index contributed by atoms with van der Waals surface area (Å²) in [5.74, 6) is -0.695. The number of amides is 1. The molecule has 1 amide bonds. The van der Waals surface area contributed by atoms with Gasteiger partial charge in [0.2, 0.25) is 15.0 Å². The van der Waals surface area contributed by atoms with Crippen LogP contribution in [0.3, 0.4) is 0 Å². The highest BCUT2D eigenvalue weighted by Crippen LogP contribution is 2.10. The van der Waals surface area contributed by atoms with E-state index in [0.717, 1.165) is 6.26 Å². The Hall–Kier alpha value is -2.10. The van der Waals surface area contributed by atoms with Crippen LogP contribution in [0.1, 0.15) is 26.5 Å². The number of ether oxygens (including phenoxy) is 2. The number of nitrogens with zero attached hydrogens (tertiary/aromatic N) is 1. The van der Waals surface area contributed by atoms with Gasteiger partial charge < -0.3 is 19.8 Å². The number of H-pyrrole nitrogens is 1. The van der Waals surface area contributed by atoms with Gasteiger partial charge in [-0.3, -0.25) is 0 Å². The predicted octanol–water partition coefficient (Wildman–Crippen LogP) is 0.422. The third-order valence-electron chi connectivity index (χ3n) is 2.55. The van der Waals surface area contributed by atoms with Crippen LogP contribution in [-0.2, 0) is 30.5 Å². The fraction of sp³-hybridized carbons (Fsp3) is 0.615. The molecule has 130 valence electrons. The Morgan fingerprint density at radius 2 is 2.00 bits per heavy atom. The lowest BCUT2D eigenvalue weighted by atomic mass is 10.1. The molecule has 0 fully saturated rings. The molecular weight excluding hydrogens is 326 g/mol. The van der Waals surface area contributed by atoms with E-state index in [1.807, 2.05) is 0 Å². The van der Waals surface area contributed by atoms with Gasteiger partial charge in [0.1, 0.15) is 11.6 Å². The molecule has 9 nitrogen and oxygen atoms in total. The van der Waals surface area contributed by atoms with E-state index in [1.165, 1.54) is 13.3 Å². The summed E-state index contributed by atoms with van der Waals surface area (Å²) in [4.78, 5) is 29.9. The Labute approximate surface area is 134 Å². The van der Waals surface area contributed by atoms with Crippen molar-refractivity contribution in [3.8, 4) is 0 Å². The maximum atomic E-state index is 11.8. The molecule has 0 radical (unpaired) electrons. The lowest BCUT2D eigenvalue weighted by Gasteiger charge is -2.22. The third-order valence-corrected chi connectivity index (χ3v) is 3.46.